The molecule has 1 heterocycles. The van der Waals surface area contributed by atoms with Crippen LogP contribution in [0, 0.1) is 6.92 Å². The standard InChI is InChI=1S/C31H32NO4PS/c1-24-18-20-29(21-19-24)38(34,35)32-25(2)31(26-12-6-3-7-13-26)36-30(32)22-23-37(33,27-14-8-4-9-15-27)28-16-10-5-11-17-28/h3-21,25,30-31H,22-23H2,1-2H3/t25-,30-,31-/m0/s1. The molecule has 1 aliphatic heterocycles. The summed E-state index contributed by atoms with van der Waals surface area (Å²) in [5.74, 6) is 0. The molecule has 0 aliphatic carbocycles. The zero-order valence-electron chi connectivity index (χ0n) is 21.6. The Morgan fingerprint density at radius 1 is 0.763 bits per heavy atom. The summed E-state index contributed by atoms with van der Waals surface area (Å²) in [6.45, 7) is 3.81. The third-order valence-electron chi connectivity index (χ3n) is 7.19. The summed E-state index contributed by atoms with van der Waals surface area (Å²) in [6.07, 6.45) is -0.629. The molecule has 0 saturated carbocycles. The van der Waals surface area contributed by atoms with Gasteiger partial charge in [-0.05, 0) is 38.0 Å². The Bertz CT molecular complexity index is 1470. The highest BCUT2D eigenvalue weighted by atomic mass is 32.2. The van der Waals surface area contributed by atoms with Crippen molar-refractivity contribution in [2.75, 3.05) is 6.16 Å². The molecule has 1 saturated heterocycles. The summed E-state index contributed by atoms with van der Waals surface area (Å²) in [4.78, 5) is 0.228. The van der Waals surface area contributed by atoms with E-state index in [2.05, 4.69) is 0 Å². The first kappa shape index (κ1) is 26.6. The van der Waals surface area contributed by atoms with Crippen LogP contribution in [0.5, 0.6) is 0 Å². The van der Waals surface area contributed by atoms with Crippen molar-refractivity contribution in [3.05, 3.63) is 126 Å². The van der Waals surface area contributed by atoms with E-state index in [4.69, 9.17) is 4.74 Å². The molecule has 0 bridgehead atoms. The van der Waals surface area contributed by atoms with Gasteiger partial charge in [-0.1, -0.05) is 109 Å². The van der Waals surface area contributed by atoms with Crippen molar-refractivity contribution < 1.29 is 17.7 Å². The number of hydrogen-bond acceptors (Lipinski definition) is 4. The van der Waals surface area contributed by atoms with Gasteiger partial charge in [0.05, 0.1) is 10.9 Å². The van der Waals surface area contributed by atoms with Crippen molar-refractivity contribution in [3.63, 3.8) is 0 Å². The number of hydrogen-bond donors (Lipinski definition) is 0. The Kier molecular flexibility index (Phi) is 7.69. The number of benzene rings is 4. The van der Waals surface area contributed by atoms with Gasteiger partial charge in [-0.2, -0.15) is 4.31 Å². The highest BCUT2D eigenvalue weighted by molar-refractivity contribution is 7.89. The van der Waals surface area contributed by atoms with Gasteiger partial charge in [-0.25, -0.2) is 8.42 Å². The van der Waals surface area contributed by atoms with E-state index in [9.17, 15) is 13.0 Å². The fraction of sp³-hybridized carbons (Fsp3) is 0.226. The summed E-state index contributed by atoms with van der Waals surface area (Å²) in [6, 6.07) is 35.1. The fourth-order valence-corrected chi connectivity index (χ4v) is 9.62. The van der Waals surface area contributed by atoms with Gasteiger partial charge in [0.25, 0.3) is 0 Å². The van der Waals surface area contributed by atoms with Gasteiger partial charge in [0.2, 0.25) is 10.0 Å². The molecule has 4 aromatic rings. The zero-order valence-corrected chi connectivity index (χ0v) is 23.3. The second-order valence-corrected chi connectivity index (χ2v) is 14.5. The molecule has 196 valence electrons. The summed E-state index contributed by atoms with van der Waals surface area (Å²) in [5.41, 5.74) is 1.90. The number of ether oxygens (including phenoxy) is 1. The monoisotopic (exact) mass is 545 g/mol. The van der Waals surface area contributed by atoms with Crippen LogP contribution in [0.25, 0.3) is 0 Å². The second-order valence-electron chi connectivity index (χ2n) is 9.73. The summed E-state index contributed by atoms with van der Waals surface area (Å²) >= 11 is 0. The van der Waals surface area contributed by atoms with Crippen LogP contribution in [0.15, 0.2) is 120 Å². The molecular weight excluding hydrogens is 513 g/mol. The Morgan fingerprint density at radius 3 is 1.79 bits per heavy atom. The van der Waals surface area contributed by atoms with E-state index in [0.717, 1.165) is 21.7 Å². The summed E-state index contributed by atoms with van der Waals surface area (Å²) < 4.78 is 50.6. The van der Waals surface area contributed by atoms with E-state index in [1.807, 2.05) is 105 Å². The predicted octanol–water partition coefficient (Wildman–Crippen LogP) is 5.88. The summed E-state index contributed by atoms with van der Waals surface area (Å²) in [5, 5.41) is 1.51. The van der Waals surface area contributed by atoms with E-state index < -0.39 is 35.5 Å². The molecule has 5 rings (SSSR count). The number of aryl methyl sites for hydroxylation is 1. The molecule has 38 heavy (non-hydrogen) atoms. The molecule has 0 N–H and O–H groups in total. The molecule has 7 heteroatoms. The molecule has 1 fully saturated rings. The van der Waals surface area contributed by atoms with Gasteiger partial charge in [-0.15, -0.1) is 0 Å². The minimum Gasteiger partial charge on any atom is -0.352 e. The van der Waals surface area contributed by atoms with E-state index in [1.54, 1.807) is 24.3 Å². The molecule has 3 atom stereocenters. The molecule has 1 aliphatic rings. The maximum absolute atomic E-state index is 14.6. The van der Waals surface area contributed by atoms with Gasteiger partial charge in [-0.3, -0.25) is 0 Å². The van der Waals surface area contributed by atoms with Crippen LogP contribution in [0.3, 0.4) is 0 Å². The molecule has 0 amide bonds. The van der Waals surface area contributed by atoms with Crippen LogP contribution < -0.4 is 10.6 Å². The van der Waals surface area contributed by atoms with Crippen molar-refractivity contribution in [1.82, 2.24) is 4.31 Å². The SMILES string of the molecule is Cc1ccc(S(=O)(=O)N2[C@H](CCP(=O)(c3ccccc3)c3ccccc3)O[C@H](c3ccccc3)[C@@H]2C)cc1. The minimum atomic E-state index is -3.87. The maximum Gasteiger partial charge on any atom is 0.245 e. The third-order valence-corrected chi connectivity index (χ3v) is 12.3. The quantitative estimate of drug-likeness (QED) is 0.260. The first-order chi connectivity index (χ1) is 18.3. The smallest absolute Gasteiger partial charge is 0.245 e. The highest BCUT2D eigenvalue weighted by Crippen LogP contribution is 2.47. The van der Waals surface area contributed by atoms with Gasteiger partial charge in [0, 0.05) is 16.8 Å². The number of sulfonamides is 1. The maximum atomic E-state index is 14.6. The van der Waals surface area contributed by atoms with Crippen molar-refractivity contribution >= 4 is 27.8 Å². The second kappa shape index (κ2) is 11.0. The van der Waals surface area contributed by atoms with Crippen LogP contribution in [0.4, 0.5) is 0 Å². The highest BCUT2D eigenvalue weighted by Gasteiger charge is 2.47. The van der Waals surface area contributed by atoms with Gasteiger partial charge in [0.15, 0.2) is 0 Å². The Hall–Kier alpha value is -3.02. The molecule has 0 spiro atoms. The van der Waals surface area contributed by atoms with Crippen LogP contribution in [-0.4, -0.2) is 31.2 Å². The Balaban J connectivity index is 1.52. The van der Waals surface area contributed by atoms with Gasteiger partial charge in [0.1, 0.15) is 19.5 Å². The lowest BCUT2D eigenvalue weighted by atomic mass is 10.0. The van der Waals surface area contributed by atoms with E-state index >= 15 is 0 Å². The fourth-order valence-electron chi connectivity index (χ4n) is 5.18. The number of nitrogens with zero attached hydrogens (tertiary/aromatic N) is 1. The largest absolute Gasteiger partial charge is 0.352 e. The van der Waals surface area contributed by atoms with Crippen molar-refractivity contribution in [2.45, 2.75) is 43.5 Å². The van der Waals surface area contributed by atoms with Crippen LogP contribution in [0.2, 0.25) is 0 Å². The predicted molar refractivity (Wildman–Crippen MR) is 153 cm³/mol. The minimum absolute atomic E-state index is 0.228. The molecule has 4 aromatic carbocycles. The molecular formula is C31H32NO4PS. The summed E-state index contributed by atoms with van der Waals surface area (Å²) in [7, 11) is -6.92. The first-order valence-electron chi connectivity index (χ1n) is 12.8. The van der Waals surface area contributed by atoms with Crippen molar-refractivity contribution in [1.29, 1.82) is 0 Å². The topological polar surface area (TPSA) is 63.7 Å². The molecule has 0 aromatic heterocycles. The normalized spacial score (nSPS) is 20.4. The van der Waals surface area contributed by atoms with E-state index in [1.165, 1.54) is 4.31 Å². The van der Waals surface area contributed by atoms with Gasteiger partial charge >= 0.3 is 0 Å². The van der Waals surface area contributed by atoms with E-state index in [-0.39, 0.29) is 11.1 Å². The lowest BCUT2D eigenvalue weighted by molar-refractivity contribution is 0.0190. The molecule has 0 radical (unpaired) electrons. The third kappa shape index (κ3) is 5.14. The van der Waals surface area contributed by atoms with Crippen LogP contribution in [0.1, 0.15) is 30.6 Å². The average Bonchev–Trinajstić information content (AvgIpc) is 3.30. The van der Waals surface area contributed by atoms with Gasteiger partial charge < -0.3 is 9.30 Å². The Morgan fingerprint density at radius 2 is 1.26 bits per heavy atom. The van der Waals surface area contributed by atoms with Crippen LogP contribution in [-0.2, 0) is 19.3 Å². The zero-order chi connectivity index (χ0) is 26.8. The lowest BCUT2D eigenvalue weighted by Gasteiger charge is -2.27. The van der Waals surface area contributed by atoms with E-state index in [0.29, 0.717) is 6.42 Å². The number of rotatable bonds is 8. The van der Waals surface area contributed by atoms with Crippen molar-refractivity contribution in [3.8, 4) is 0 Å². The van der Waals surface area contributed by atoms with Crippen molar-refractivity contribution in [2.24, 2.45) is 0 Å². The van der Waals surface area contributed by atoms with Crippen LogP contribution >= 0.6 is 7.14 Å². The Labute approximate surface area is 225 Å². The average molecular weight is 546 g/mol. The first-order valence-corrected chi connectivity index (χ1v) is 16.1. The lowest BCUT2D eigenvalue weighted by Crippen LogP contribution is -2.41. The molecule has 5 nitrogen and oxygen atoms in total. The molecule has 0 unspecified atom stereocenters.